The van der Waals surface area contributed by atoms with Gasteiger partial charge in [0.05, 0.1) is 12.0 Å². The summed E-state index contributed by atoms with van der Waals surface area (Å²) in [5.41, 5.74) is 0. The molecule has 18 heavy (non-hydrogen) atoms. The molecule has 2 fully saturated rings. The summed E-state index contributed by atoms with van der Waals surface area (Å²) in [6.07, 6.45) is 7.73. The van der Waals surface area contributed by atoms with Gasteiger partial charge in [0.15, 0.2) is 0 Å². The Morgan fingerprint density at radius 2 is 1.83 bits per heavy atom. The van der Waals surface area contributed by atoms with Crippen LogP contribution in [0.15, 0.2) is 0 Å². The van der Waals surface area contributed by atoms with E-state index >= 15 is 0 Å². The Labute approximate surface area is 112 Å². The van der Waals surface area contributed by atoms with Gasteiger partial charge in [0, 0.05) is 18.6 Å². The molecule has 0 spiro atoms. The lowest BCUT2D eigenvalue weighted by atomic mass is 9.76. The van der Waals surface area contributed by atoms with Crippen LogP contribution in [0.4, 0.5) is 0 Å². The van der Waals surface area contributed by atoms with Crippen molar-refractivity contribution in [3.05, 3.63) is 0 Å². The Hall–Kier alpha value is -0.550. The predicted octanol–water partition coefficient (Wildman–Crippen LogP) is 3.83. The van der Waals surface area contributed by atoms with Crippen molar-refractivity contribution in [2.45, 2.75) is 71.4 Å². The minimum absolute atomic E-state index is 0.272. The van der Waals surface area contributed by atoms with Gasteiger partial charge in [-0.1, -0.05) is 13.3 Å². The maximum atomic E-state index is 9.42. The maximum Gasteiger partial charge on any atom is 0.0672 e. The normalized spacial score (nSPS) is 32.8. The molecule has 0 radical (unpaired) electrons. The first-order chi connectivity index (χ1) is 8.65. The summed E-state index contributed by atoms with van der Waals surface area (Å²) in [5, 5.41) is 9.42. The molecule has 2 nitrogen and oxygen atoms in total. The zero-order valence-electron chi connectivity index (χ0n) is 12.2. The molecule has 2 heteroatoms. The Morgan fingerprint density at radius 3 is 2.33 bits per heavy atom. The van der Waals surface area contributed by atoms with E-state index < -0.39 is 0 Å². The molecular weight excluding hydrogens is 220 g/mol. The molecule has 102 valence electrons. The van der Waals surface area contributed by atoms with Crippen LogP contribution in [0.2, 0.25) is 0 Å². The standard InChI is InChI=1S/C16H28N2/c1-4-13-7-8-15(10-17)16(9-13)18(12(2)3)11-14-5-6-14/h12-16H,4-9,11H2,1-3H3. The second-order valence-corrected chi connectivity index (χ2v) is 6.62. The molecular formula is C16H28N2. The molecule has 0 aromatic heterocycles. The molecule has 0 aromatic carbocycles. The van der Waals surface area contributed by atoms with E-state index in [0.717, 1.165) is 18.3 Å². The molecule has 0 bridgehead atoms. The van der Waals surface area contributed by atoms with Gasteiger partial charge in [-0.15, -0.1) is 0 Å². The highest BCUT2D eigenvalue weighted by atomic mass is 15.2. The van der Waals surface area contributed by atoms with Crippen LogP contribution in [0.1, 0.15) is 59.3 Å². The summed E-state index contributed by atoms with van der Waals surface area (Å²) in [6, 6.07) is 3.69. The number of nitriles is 1. The van der Waals surface area contributed by atoms with E-state index in [1.54, 1.807) is 0 Å². The second-order valence-electron chi connectivity index (χ2n) is 6.62. The van der Waals surface area contributed by atoms with Crippen molar-refractivity contribution < 1.29 is 0 Å². The van der Waals surface area contributed by atoms with E-state index in [1.807, 2.05) is 0 Å². The van der Waals surface area contributed by atoms with Crippen LogP contribution in [-0.2, 0) is 0 Å². The van der Waals surface area contributed by atoms with Gasteiger partial charge in [-0.05, 0) is 57.8 Å². The molecule has 2 rings (SSSR count). The molecule has 0 aromatic rings. The largest absolute Gasteiger partial charge is 0.296 e. The Kier molecular flexibility index (Phi) is 4.67. The Bertz CT molecular complexity index is 301. The maximum absolute atomic E-state index is 9.42. The monoisotopic (exact) mass is 248 g/mol. The summed E-state index contributed by atoms with van der Waals surface area (Å²) >= 11 is 0. The molecule has 2 saturated carbocycles. The number of rotatable bonds is 5. The first kappa shape index (κ1) is 13.9. The summed E-state index contributed by atoms with van der Waals surface area (Å²) < 4.78 is 0. The van der Waals surface area contributed by atoms with Crippen molar-refractivity contribution in [2.75, 3.05) is 6.54 Å². The molecule has 0 aliphatic heterocycles. The lowest BCUT2D eigenvalue weighted by molar-refractivity contribution is 0.0688. The van der Waals surface area contributed by atoms with Crippen molar-refractivity contribution in [2.24, 2.45) is 17.8 Å². The zero-order chi connectivity index (χ0) is 13.1. The topological polar surface area (TPSA) is 27.0 Å². The van der Waals surface area contributed by atoms with E-state index in [2.05, 4.69) is 31.7 Å². The van der Waals surface area contributed by atoms with Crippen LogP contribution >= 0.6 is 0 Å². The number of hydrogen-bond acceptors (Lipinski definition) is 2. The third kappa shape index (κ3) is 3.26. The van der Waals surface area contributed by atoms with Gasteiger partial charge < -0.3 is 0 Å². The van der Waals surface area contributed by atoms with Crippen LogP contribution in [-0.4, -0.2) is 23.5 Å². The molecule has 3 atom stereocenters. The fraction of sp³-hybridized carbons (Fsp3) is 0.938. The zero-order valence-corrected chi connectivity index (χ0v) is 12.2. The molecule has 2 aliphatic rings. The molecule has 0 amide bonds. The van der Waals surface area contributed by atoms with Crippen LogP contribution in [0.3, 0.4) is 0 Å². The fourth-order valence-corrected chi connectivity index (χ4v) is 3.45. The second kappa shape index (κ2) is 6.06. The first-order valence-corrected chi connectivity index (χ1v) is 7.81. The Balaban J connectivity index is 2.05. The number of hydrogen-bond donors (Lipinski definition) is 0. The van der Waals surface area contributed by atoms with E-state index in [1.165, 1.54) is 38.6 Å². The van der Waals surface area contributed by atoms with Crippen LogP contribution in [0.5, 0.6) is 0 Å². The van der Waals surface area contributed by atoms with Gasteiger partial charge in [0.2, 0.25) is 0 Å². The lowest BCUT2D eigenvalue weighted by Crippen LogP contribution is -2.48. The summed E-state index contributed by atoms with van der Waals surface area (Å²) in [5.74, 6) is 2.04. The molecule has 0 N–H and O–H groups in total. The van der Waals surface area contributed by atoms with Crippen molar-refractivity contribution >= 4 is 0 Å². The third-order valence-corrected chi connectivity index (χ3v) is 4.92. The molecule has 3 unspecified atom stereocenters. The molecule has 0 saturated heterocycles. The van der Waals surface area contributed by atoms with E-state index in [9.17, 15) is 5.26 Å². The summed E-state index contributed by atoms with van der Waals surface area (Å²) in [6.45, 7) is 8.13. The minimum atomic E-state index is 0.272. The van der Waals surface area contributed by atoms with Gasteiger partial charge in [-0.3, -0.25) is 4.90 Å². The fourth-order valence-electron chi connectivity index (χ4n) is 3.45. The van der Waals surface area contributed by atoms with Crippen LogP contribution < -0.4 is 0 Å². The van der Waals surface area contributed by atoms with Crippen LogP contribution in [0.25, 0.3) is 0 Å². The minimum Gasteiger partial charge on any atom is -0.296 e. The smallest absolute Gasteiger partial charge is 0.0672 e. The highest BCUT2D eigenvalue weighted by molar-refractivity contribution is 4.99. The van der Waals surface area contributed by atoms with Crippen molar-refractivity contribution in [3.63, 3.8) is 0 Å². The lowest BCUT2D eigenvalue weighted by Gasteiger charge is -2.42. The van der Waals surface area contributed by atoms with Gasteiger partial charge in [0.1, 0.15) is 0 Å². The van der Waals surface area contributed by atoms with E-state index in [4.69, 9.17) is 0 Å². The average Bonchev–Trinajstić information content (AvgIpc) is 3.18. The molecule has 0 heterocycles. The summed E-state index contributed by atoms with van der Waals surface area (Å²) in [7, 11) is 0. The van der Waals surface area contributed by atoms with E-state index in [-0.39, 0.29) is 5.92 Å². The van der Waals surface area contributed by atoms with Gasteiger partial charge in [-0.25, -0.2) is 0 Å². The predicted molar refractivity (Wildman–Crippen MR) is 75.1 cm³/mol. The molecule has 2 aliphatic carbocycles. The SMILES string of the molecule is CCC1CCC(C#N)C(N(CC2CC2)C(C)C)C1. The van der Waals surface area contributed by atoms with Crippen molar-refractivity contribution in [1.82, 2.24) is 4.90 Å². The quantitative estimate of drug-likeness (QED) is 0.739. The van der Waals surface area contributed by atoms with Gasteiger partial charge in [-0.2, -0.15) is 5.26 Å². The summed E-state index contributed by atoms with van der Waals surface area (Å²) in [4.78, 5) is 2.65. The number of nitrogens with zero attached hydrogens (tertiary/aromatic N) is 2. The Morgan fingerprint density at radius 1 is 1.17 bits per heavy atom. The van der Waals surface area contributed by atoms with E-state index in [0.29, 0.717) is 12.1 Å². The third-order valence-electron chi connectivity index (χ3n) is 4.92. The van der Waals surface area contributed by atoms with Crippen LogP contribution in [0, 0.1) is 29.1 Å². The highest BCUT2D eigenvalue weighted by Crippen LogP contribution is 2.37. The van der Waals surface area contributed by atoms with Crippen molar-refractivity contribution in [1.29, 1.82) is 5.26 Å². The van der Waals surface area contributed by atoms with Gasteiger partial charge >= 0.3 is 0 Å². The van der Waals surface area contributed by atoms with Crippen molar-refractivity contribution in [3.8, 4) is 6.07 Å². The highest BCUT2D eigenvalue weighted by Gasteiger charge is 2.37. The van der Waals surface area contributed by atoms with Gasteiger partial charge in [0.25, 0.3) is 0 Å². The first-order valence-electron chi connectivity index (χ1n) is 7.81. The average molecular weight is 248 g/mol.